The molecule has 0 heterocycles. The Morgan fingerprint density at radius 2 is 1.24 bits per heavy atom. The average molecular weight is 491 g/mol. The summed E-state index contributed by atoms with van der Waals surface area (Å²) in [7, 11) is 3.55. The van der Waals surface area contributed by atoms with Crippen molar-refractivity contribution in [2.45, 2.75) is 76.9 Å². The molecule has 3 nitrogen and oxygen atoms in total. The van der Waals surface area contributed by atoms with E-state index in [4.69, 9.17) is 5.73 Å². The van der Waals surface area contributed by atoms with Crippen molar-refractivity contribution in [3.8, 4) is 0 Å². The third-order valence-corrected chi connectivity index (χ3v) is 7.73. The van der Waals surface area contributed by atoms with Crippen LogP contribution in [0.4, 0.5) is 0 Å². The number of amides is 1. The first-order chi connectivity index (χ1) is 16.0. The molecule has 186 valence electrons. The second-order valence-electron chi connectivity index (χ2n) is 8.17. The van der Waals surface area contributed by atoms with Crippen LogP contribution in [0.2, 0.25) is 0 Å². The van der Waals surface area contributed by atoms with E-state index in [-0.39, 0.29) is 10.7 Å². The number of carbonyl (C=O) groups excluding carboxylic acids is 1. The Morgan fingerprint density at radius 1 is 0.788 bits per heavy atom. The first kappa shape index (κ1) is 31.6. The SMILES string of the molecule is CC/C=C\C/C=C\C/C=C\C/C=C\C/C=C\C/C=C\CCC(=O)NCCSSC(C)(C)CN. The maximum Gasteiger partial charge on any atom is 0.220 e. The first-order valence-corrected chi connectivity index (χ1v) is 14.5. The summed E-state index contributed by atoms with van der Waals surface area (Å²) in [4.78, 5) is 11.8. The van der Waals surface area contributed by atoms with Gasteiger partial charge in [-0.15, -0.1) is 0 Å². The van der Waals surface area contributed by atoms with Crippen molar-refractivity contribution in [1.29, 1.82) is 0 Å². The molecule has 33 heavy (non-hydrogen) atoms. The maximum atomic E-state index is 11.8. The van der Waals surface area contributed by atoms with E-state index in [1.807, 2.05) is 0 Å². The molecule has 0 saturated heterocycles. The Balaban J connectivity index is 3.59. The van der Waals surface area contributed by atoms with Crippen LogP contribution in [0.5, 0.6) is 0 Å². The van der Waals surface area contributed by atoms with Crippen molar-refractivity contribution < 1.29 is 4.79 Å². The molecular formula is C28H46N2OS2. The molecule has 0 atom stereocenters. The third kappa shape index (κ3) is 25.0. The van der Waals surface area contributed by atoms with Crippen molar-refractivity contribution in [2.24, 2.45) is 5.73 Å². The second-order valence-corrected chi connectivity index (χ2v) is 11.3. The number of nitrogens with one attached hydrogen (secondary N) is 1. The number of allylic oxidation sites excluding steroid dienone is 12. The molecule has 0 aliphatic heterocycles. The van der Waals surface area contributed by atoms with Gasteiger partial charge in [-0.2, -0.15) is 0 Å². The van der Waals surface area contributed by atoms with Gasteiger partial charge in [0.05, 0.1) is 0 Å². The normalized spacial score (nSPS) is 13.2. The van der Waals surface area contributed by atoms with Gasteiger partial charge in [0.1, 0.15) is 0 Å². The number of hydrogen-bond acceptors (Lipinski definition) is 4. The summed E-state index contributed by atoms with van der Waals surface area (Å²) in [5, 5.41) is 2.98. The smallest absolute Gasteiger partial charge is 0.220 e. The zero-order chi connectivity index (χ0) is 24.5. The van der Waals surface area contributed by atoms with Gasteiger partial charge in [-0.3, -0.25) is 4.79 Å². The second kappa shape index (κ2) is 23.7. The number of nitrogens with two attached hydrogens (primary N) is 1. The first-order valence-electron chi connectivity index (χ1n) is 12.2. The average Bonchev–Trinajstić information content (AvgIpc) is 2.80. The molecule has 0 spiro atoms. The quantitative estimate of drug-likeness (QED) is 0.104. The summed E-state index contributed by atoms with van der Waals surface area (Å²) >= 11 is 0. The van der Waals surface area contributed by atoms with E-state index in [0.717, 1.165) is 50.7 Å². The molecule has 3 N–H and O–H groups in total. The van der Waals surface area contributed by atoms with Gasteiger partial charge in [0.15, 0.2) is 0 Å². The molecule has 0 bridgehead atoms. The minimum absolute atomic E-state index is 0.0880. The lowest BCUT2D eigenvalue weighted by Gasteiger charge is -2.20. The fraction of sp³-hybridized carbons (Fsp3) is 0.536. The Kier molecular flexibility index (Phi) is 22.7. The van der Waals surface area contributed by atoms with Crippen molar-refractivity contribution in [1.82, 2.24) is 5.32 Å². The van der Waals surface area contributed by atoms with Gasteiger partial charge >= 0.3 is 0 Å². The van der Waals surface area contributed by atoms with Crippen molar-refractivity contribution in [3.63, 3.8) is 0 Å². The highest BCUT2D eigenvalue weighted by Gasteiger charge is 2.15. The van der Waals surface area contributed by atoms with Crippen LogP contribution in [0.25, 0.3) is 0 Å². The van der Waals surface area contributed by atoms with Crippen LogP contribution >= 0.6 is 21.6 Å². The Labute approximate surface area is 211 Å². The van der Waals surface area contributed by atoms with E-state index < -0.39 is 0 Å². The van der Waals surface area contributed by atoms with Gasteiger partial charge in [-0.1, -0.05) is 101 Å². The van der Waals surface area contributed by atoms with E-state index in [1.165, 1.54) is 0 Å². The molecule has 5 heteroatoms. The fourth-order valence-electron chi connectivity index (χ4n) is 2.41. The lowest BCUT2D eigenvalue weighted by Crippen LogP contribution is -2.27. The molecule has 0 saturated carbocycles. The molecule has 0 unspecified atom stereocenters. The Hall–Kier alpha value is -1.43. The highest BCUT2D eigenvalue weighted by Crippen LogP contribution is 2.34. The van der Waals surface area contributed by atoms with Crippen LogP contribution in [-0.4, -0.2) is 29.5 Å². The summed E-state index contributed by atoms with van der Waals surface area (Å²) in [6.45, 7) is 7.79. The lowest BCUT2D eigenvalue weighted by molar-refractivity contribution is -0.120. The Bertz CT molecular complexity index is 646. The summed E-state index contributed by atoms with van der Waals surface area (Å²) in [6, 6.07) is 0. The predicted octanol–water partition coefficient (Wildman–Crippen LogP) is 7.70. The number of carbonyl (C=O) groups is 1. The van der Waals surface area contributed by atoms with Crippen LogP contribution in [0, 0.1) is 0 Å². The van der Waals surface area contributed by atoms with Gasteiger partial charge in [0.2, 0.25) is 5.91 Å². The zero-order valence-electron chi connectivity index (χ0n) is 21.0. The van der Waals surface area contributed by atoms with E-state index in [1.54, 1.807) is 21.6 Å². The largest absolute Gasteiger partial charge is 0.355 e. The standard InChI is InChI=1S/C28H46N2OS2/c1-4-5-6-7-8-9-10-11-12-13-14-15-16-17-18-19-20-21-22-23-27(31)30-24-25-32-33-28(2,3)26-29/h5-6,8-9,11-12,14-15,17-18,20-21H,4,7,10,13,16,19,22-26,29H2,1-3H3,(H,30,31)/b6-5-,9-8-,12-11-,15-14-,18-17-,21-20-. The van der Waals surface area contributed by atoms with Crippen LogP contribution in [0.1, 0.15) is 72.1 Å². The number of rotatable bonds is 20. The summed E-state index contributed by atoms with van der Waals surface area (Å²) < 4.78 is 0.0880. The van der Waals surface area contributed by atoms with E-state index >= 15 is 0 Å². The van der Waals surface area contributed by atoms with Gasteiger partial charge in [0, 0.05) is 30.0 Å². The van der Waals surface area contributed by atoms with Crippen LogP contribution < -0.4 is 11.1 Å². The molecule has 0 rings (SSSR count). The molecule has 1 amide bonds. The van der Waals surface area contributed by atoms with Gasteiger partial charge in [0.25, 0.3) is 0 Å². The summed E-state index contributed by atoms with van der Waals surface area (Å²) in [6.07, 6.45) is 33.6. The van der Waals surface area contributed by atoms with E-state index in [9.17, 15) is 4.79 Å². The van der Waals surface area contributed by atoms with Crippen LogP contribution in [0.3, 0.4) is 0 Å². The molecule has 0 aliphatic rings. The lowest BCUT2D eigenvalue weighted by atomic mass is 10.2. The summed E-state index contributed by atoms with van der Waals surface area (Å²) in [5.74, 6) is 1.03. The van der Waals surface area contributed by atoms with Crippen LogP contribution in [-0.2, 0) is 4.79 Å². The topological polar surface area (TPSA) is 55.1 Å². The predicted molar refractivity (Wildman–Crippen MR) is 154 cm³/mol. The molecule has 0 aromatic rings. The monoisotopic (exact) mass is 490 g/mol. The minimum atomic E-state index is 0.0880. The number of hydrogen-bond donors (Lipinski definition) is 2. The van der Waals surface area contributed by atoms with Crippen molar-refractivity contribution in [3.05, 3.63) is 72.9 Å². The van der Waals surface area contributed by atoms with Crippen molar-refractivity contribution in [2.75, 3.05) is 18.8 Å². The highest BCUT2D eigenvalue weighted by molar-refractivity contribution is 8.77. The molecule has 0 aromatic heterocycles. The zero-order valence-corrected chi connectivity index (χ0v) is 22.6. The van der Waals surface area contributed by atoms with Crippen LogP contribution in [0.15, 0.2) is 72.9 Å². The molecule has 0 fully saturated rings. The fourth-order valence-corrected chi connectivity index (χ4v) is 4.73. The third-order valence-electron chi connectivity index (χ3n) is 4.42. The minimum Gasteiger partial charge on any atom is -0.355 e. The molecule has 0 aliphatic carbocycles. The van der Waals surface area contributed by atoms with Gasteiger partial charge in [-0.25, -0.2) is 0 Å². The maximum absolute atomic E-state index is 11.8. The highest BCUT2D eigenvalue weighted by atomic mass is 33.1. The molecule has 0 aromatic carbocycles. The Morgan fingerprint density at radius 3 is 1.70 bits per heavy atom. The van der Waals surface area contributed by atoms with Gasteiger partial charge in [-0.05, 0) is 58.8 Å². The van der Waals surface area contributed by atoms with E-state index in [2.05, 4.69) is 99.0 Å². The summed E-state index contributed by atoms with van der Waals surface area (Å²) in [5.41, 5.74) is 5.71. The van der Waals surface area contributed by atoms with Gasteiger partial charge < -0.3 is 11.1 Å². The molecular weight excluding hydrogens is 444 g/mol. The van der Waals surface area contributed by atoms with Crippen molar-refractivity contribution >= 4 is 27.5 Å². The molecule has 0 radical (unpaired) electrons. The van der Waals surface area contributed by atoms with E-state index in [0.29, 0.717) is 19.5 Å².